The van der Waals surface area contributed by atoms with Gasteiger partial charge in [-0.05, 0) is 48.1 Å². The average molecular weight is 342 g/mol. The van der Waals surface area contributed by atoms with Crippen molar-refractivity contribution in [2.45, 2.75) is 47.1 Å². The number of benzene rings is 1. The fourth-order valence-electron chi connectivity index (χ4n) is 3.33. The van der Waals surface area contributed by atoms with Crippen LogP contribution in [0.2, 0.25) is 0 Å². The van der Waals surface area contributed by atoms with Crippen molar-refractivity contribution < 1.29 is 5.11 Å². The summed E-state index contributed by atoms with van der Waals surface area (Å²) in [4.78, 5) is 4.74. The molecule has 1 atom stereocenters. The maximum absolute atomic E-state index is 9.59. The maximum Gasteiger partial charge on any atom is 0.0855 e. The zero-order valence-corrected chi connectivity index (χ0v) is 16.1. The second-order valence-electron chi connectivity index (χ2n) is 7.78. The first-order valence-corrected chi connectivity index (χ1v) is 8.52. The Morgan fingerprint density at radius 3 is 2.32 bits per heavy atom. The molecule has 0 saturated carbocycles. The van der Waals surface area contributed by atoms with E-state index < -0.39 is 0 Å². The van der Waals surface area contributed by atoms with Gasteiger partial charge in [0.05, 0.1) is 23.7 Å². The maximum atomic E-state index is 9.59. The van der Waals surface area contributed by atoms with Gasteiger partial charge in [0.1, 0.15) is 0 Å². The van der Waals surface area contributed by atoms with E-state index in [-0.39, 0.29) is 17.9 Å². The van der Waals surface area contributed by atoms with Gasteiger partial charge < -0.3 is 15.8 Å². The van der Waals surface area contributed by atoms with Crippen molar-refractivity contribution in [2.24, 2.45) is 11.3 Å². The number of nitrogens with zero attached hydrogens (tertiary/aromatic N) is 2. The molecule has 5 heteroatoms. The summed E-state index contributed by atoms with van der Waals surface area (Å²) in [5.41, 5.74) is 12.6. The predicted molar refractivity (Wildman–Crippen MR) is 104 cm³/mol. The molecule has 0 saturated heterocycles. The second kappa shape index (κ2) is 7.02. The lowest BCUT2D eigenvalue weighted by atomic mass is 9.73. The molecule has 1 aromatic carbocycles. The van der Waals surface area contributed by atoms with Crippen molar-refractivity contribution >= 4 is 11.4 Å². The fourth-order valence-corrected chi connectivity index (χ4v) is 3.33. The molecule has 1 aromatic heterocycles. The number of hydrazine groups is 1. The van der Waals surface area contributed by atoms with Crippen molar-refractivity contribution in [3.8, 4) is 0 Å². The van der Waals surface area contributed by atoms with Crippen molar-refractivity contribution in [1.29, 1.82) is 0 Å². The summed E-state index contributed by atoms with van der Waals surface area (Å²) in [5.74, 6) is 5.93. The van der Waals surface area contributed by atoms with Gasteiger partial charge in [-0.1, -0.05) is 32.9 Å². The normalized spacial score (nSPS) is 13.0. The number of rotatable bonds is 4. The van der Waals surface area contributed by atoms with E-state index in [2.05, 4.69) is 26.8 Å². The number of aliphatic hydroxyl groups is 1. The zero-order valence-electron chi connectivity index (χ0n) is 16.1. The molecule has 0 aliphatic heterocycles. The molecule has 0 amide bonds. The molecule has 0 aliphatic rings. The second-order valence-corrected chi connectivity index (χ2v) is 7.78. The highest BCUT2D eigenvalue weighted by molar-refractivity contribution is 5.72. The minimum Gasteiger partial charge on any atom is -0.397 e. The fraction of sp³-hybridized carbons (Fsp3) is 0.450. The van der Waals surface area contributed by atoms with Crippen LogP contribution in [-0.2, 0) is 6.61 Å². The molecule has 2 aromatic rings. The number of hydrogen-bond acceptors (Lipinski definition) is 5. The minimum atomic E-state index is -0.0671. The molecule has 5 nitrogen and oxygen atoms in total. The van der Waals surface area contributed by atoms with Gasteiger partial charge in [-0.3, -0.25) is 4.98 Å². The number of hydrogen-bond donors (Lipinski definition) is 3. The van der Waals surface area contributed by atoms with E-state index in [1.807, 2.05) is 32.0 Å². The van der Waals surface area contributed by atoms with Crippen LogP contribution in [-0.4, -0.2) is 17.1 Å². The van der Waals surface area contributed by atoms with Gasteiger partial charge >= 0.3 is 0 Å². The molecule has 5 N–H and O–H groups in total. The Bertz CT molecular complexity index is 763. The van der Waals surface area contributed by atoms with Crippen LogP contribution in [0.4, 0.5) is 11.4 Å². The molecule has 0 radical (unpaired) electrons. The summed E-state index contributed by atoms with van der Waals surface area (Å²) in [6, 6.07) is 8.11. The third-order valence-corrected chi connectivity index (χ3v) is 4.76. The van der Waals surface area contributed by atoms with Crippen molar-refractivity contribution in [3.05, 3.63) is 52.3 Å². The predicted octanol–water partition coefficient (Wildman–Crippen LogP) is 3.26. The topological polar surface area (TPSA) is 88.4 Å². The van der Waals surface area contributed by atoms with E-state index in [4.69, 9.17) is 16.6 Å². The number of nitrogens with two attached hydrogens (primary N) is 2. The Morgan fingerprint density at radius 1 is 1.16 bits per heavy atom. The molecule has 2 rings (SSSR count). The van der Waals surface area contributed by atoms with Crippen molar-refractivity contribution in [2.75, 3.05) is 17.8 Å². The summed E-state index contributed by atoms with van der Waals surface area (Å²) >= 11 is 0. The molecule has 0 spiro atoms. The van der Waals surface area contributed by atoms with Crippen LogP contribution in [0.15, 0.2) is 24.3 Å². The van der Waals surface area contributed by atoms with Gasteiger partial charge in [-0.2, -0.15) is 0 Å². The van der Waals surface area contributed by atoms with Gasteiger partial charge in [0.25, 0.3) is 0 Å². The van der Waals surface area contributed by atoms with Gasteiger partial charge in [0.15, 0.2) is 0 Å². The monoisotopic (exact) mass is 342 g/mol. The lowest BCUT2D eigenvalue weighted by Gasteiger charge is -2.33. The van der Waals surface area contributed by atoms with E-state index >= 15 is 0 Å². The van der Waals surface area contributed by atoms with Gasteiger partial charge in [0.2, 0.25) is 0 Å². The standard InChI is InChI=1S/C20H30N4O/c1-12-7-9-15(23-16(12)11-25)18(20(3,4)5)14-8-10-17(24(6)22)19(21)13(14)2/h7-10,18,25H,11,21-22H2,1-6H3. The van der Waals surface area contributed by atoms with Crippen LogP contribution < -0.4 is 16.6 Å². The molecule has 136 valence electrons. The van der Waals surface area contributed by atoms with Gasteiger partial charge in [0, 0.05) is 18.7 Å². The highest BCUT2D eigenvalue weighted by Crippen LogP contribution is 2.43. The first kappa shape index (κ1) is 19.2. The molecular weight excluding hydrogens is 312 g/mol. The Morgan fingerprint density at radius 2 is 1.80 bits per heavy atom. The van der Waals surface area contributed by atoms with E-state index in [0.29, 0.717) is 5.69 Å². The third-order valence-electron chi connectivity index (χ3n) is 4.76. The van der Waals surface area contributed by atoms with Crippen molar-refractivity contribution in [1.82, 2.24) is 4.98 Å². The third kappa shape index (κ3) is 3.78. The van der Waals surface area contributed by atoms with Gasteiger partial charge in [-0.25, -0.2) is 5.84 Å². The van der Waals surface area contributed by atoms with Crippen LogP contribution in [0, 0.1) is 19.3 Å². The highest BCUT2D eigenvalue weighted by atomic mass is 16.3. The van der Waals surface area contributed by atoms with E-state index in [9.17, 15) is 5.11 Å². The number of aromatic nitrogens is 1. The quantitative estimate of drug-likeness (QED) is 0.451. The van der Waals surface area contributed by atoms with Crippen molar-refractivity contribution in [3.63, 3.8) is 0 Å². The Balaban J connectivity index is 2.67. The molecule has 0 fully saturated rings. The van der Waals surface area contributed by atoms with Crippen LogP contribution in [0.3, 0.4) is 0 Å². The first-order chi connectivity index (χ1) is 11.6. The zero-order chi connectivity index (χ0) is 18.9. The summed E-state index contributed by atoms with van der Waals surface area (Å²) in [6.07, 6.45) is 0. The molecule has 1 unspecified atom stereocenters. The van der Waals surface area contributed by atoms with Crippen LogP contribution in [0.25, 0.3) is 0 Å². The van der Waals surface area contributed by atoms with E-state index in [0.717, 1.165) is 33.8 Å². The highest BCUT2D eigenvalue weighted by Gasteiger charge is 2.31. The van der Waals surface area contributed by atoms with Crippen LogP contribution >= 0.6 is 0 Å². The minimum absolute atomic E-state index is 0.0535. The lowest BCUT2D eigenvalue weighted by molar-refractivity contribution is 0.274. The molecular formula is C20H30N4O. The summed E-state index contributed by atoms with van der Waals surface area (Å²) in [5, 5.41) is 11.1. The van der Waals surface area contributed by atoms with Crippen LogP contribution in [0.1, 0.15) is 54.8 Å². The SMILES string of the molecule is Cc1ccc(C(c2ccc(N(C)N)c(N)c2C)C(C)(C)C)nc1CO. The number of anilines is 2. The Hall–Kier alpha value is -2.11. The molecule has 0 bridgehead atoms. The van der Waals surface area contributed by atoms with E-state index in [1.165, 1.54) is 5.01 Å². The number of aryl methyl sites for hydroxylation is 1. The van der Waals surface area contributed by atoms with Crippen LogP contribution in [0.5, 0.6) is 0 Å². The van der Waals surface area contributed by atoms with Gasteiger partial charge in [-0.15, -0.1) is 0 Å². The number of nitrogen functional groups attached to an aromatic ring is 1. The smallest absolute Gasteiger partial charge is 0.0855 e. The summed E-state index contributed by atoms with van der Waals surface area (Å²) < 4.78 is 0. The molecule has 25 heavy (non-hydrogen) atoms. The largest absolute Gasteiger partial charge is 0.397 e. The number of aliphatic hydroxyl groups excluding tert-OH is 1. The molecule has 0 aliphatic carbocycles. The summed E-state index contributed by atoms with van der Waals surface area (Å²) in [6.45, 7) is 10.5. The lowest BCUT2D eigenvalue weighted by Crippen LogP contribution is -2.27. The first-order valence-electron chi connectivity index (χ1n) is 8.52. The number of pyridine rings is 1. The Labute approximate surface area is 150 Å². The summed E-state index contributed by atoms with van der Waals surface area (Å²) in [7, 11) is 1.78. The average Bonchev–Trinajstić information content (AvgIpc) is 2.51. The molecule has 1 heterocycles. The van der Waals surface area contributed by atoms with E-state index in [1.54, 1.807) is 7.05 Å². The Kier molecular flexibility index (Phi) is 5.40.